The molecule has 2 aliphatic rings. The Bertz CT molecular complexity index is 1170. The van der Waals surface area contributed by atoms with Gasteiger partial charge in [0.15, 0.2) is 10.8 Å². The van der Waals surface area contributed by atoms with Gasteiger partial charge in [-0.2, -0.15) is 0 Å². The van der Waals surface area contributed by atoms with Crippen LogP contribution in [0.3, 0.4) is 0 Å². The van der Waals surface area contributed by atoms with Gasteiger partial charge in [-0.3, -0.25) is 14.9 Å². The quantitative estimate of drug-likeness (QED) is 0.344. The third-order valence-corrected chi connectivity index (χ3v) is 7.32. The van der Waals surface area contributed by atoms with Crippen LogP contribution in [0.2, 0.25) is 0 Å². The smallest absolute Gasteiger partial charge is 0.335 e. The number of ether oxygens (including phenoxy) is 1. The SMILES string of the molecule is CCN1C(c2nccs2)=NC(CN2CCOC[C@H]2C(=O)NO)=C(C(=O)O)C1c1ccc(F)cc1Br. The van der Waals surface area contributed by atoms with E-state index in [1.54, 1.807) is 28.0 Å². The number of carbonyl (C=O) groups excluding carboxylic acids is 1. The summed E-state index contributed by atoms with van der Waals surface area (Å²) in [5, 5.41) is 21.9. The lowest BCUT2D eigenvalue weighted by Gasteiger charge is -2.40. The van der Waals surface area contributed by atoms with Gasteiger partial charge in [0.2, 0.25) is 0 Å². The number of thiazole rings is 1. The van der Waals surface area contributed by atoms with Crippen molar-refractivity contribution >= 4 is 45.0 Å². The number of aliphatic carboxylic acids is 1. The lowest BCUT2D eigenvalue weighted by atomic mass is 9.93. The van der Waals surface area contributed by atoms with Gasteiger partial charge in [0.25, 0.3) is 5.91 Å². The van der Waals surface area contributed by atoms with Gasteiger partial charge in [-0.25, -0.2) is 24.6 Å². The summed E-state index contributed by atoms with van der Waals surface area (Å²) in [6.07, 6.45) is 1.64. The Labute approximate surface area is 212 Å². The highest BCUT2D eigenvalue weighted by Crippen LogP contribution is 2.40. The first-order valence-electron chi connectivity index (χ1n) is 10.8. The van der Waals surface area contributed by atoms with Gasteiger partial charge in [0, 0.05) is 35.7 Å². The number of rotatable bonds is 7. The van der Waals surface area contributed by atoms with Gasteiger partial charge in [0.1, 0.15) is 11.9 Å². The molecule has 2 atom stereocenters. The number of nitrogens with one attached hydrogen (secondary N) is 1. The molecule has 1 saturated heterocycles. The van der Waals surface area contributed by atoms with E-state index < -0.39 is 29.8 Å². The normalized spacial score (nSPS) is 21.1. The summed E-state index contributed by atoms with van der Waals surface area (Å²) in [7, 11) is 0. The van der Waals surface area contributed by atoms with Crippen molar-refractivity contribution in [1.29, 1.82) is 0 Å². The Morgan fingerprint density at radius 3 is 2.83 bits per heavy atom. The predicted molar refractivity (Wildman–Crippen MR) is 129 cm³/mol. The topological polar surface area (TPSA) is 128 Å². The molecule has 2 aromatic rings. The molecule has 1 aromatic carbocycles. The lowest BCUT2D eigenvalue weighted by molar-refractivity contribution is -0.140. The molecule has 2 aliphatic heterocycles. The van der Waals surface area contributed by atoms with E-state index in [4.69, 9.17) is 14.9 Å². The molecule has 0 aliphatic carbocycles. The lowest BCUT2D eigenvalue weighted by Crippen LogP contribution is -2.54. The molecule has 1 aromatic heterocycles. The van der Waals surface area contributed by atoms with Crippen LogP contribution >= 0.6 is 27.3 Å². The third-order valence-electron chi connectivity index (χ3n) is 5.87. The van der Waals surface area contributed by atoms with Gasteiger partial charge in [0.05, 0.1) is 30.5 Å². The van der Waals surface area contributed by atoms with Crippen LogP contribution in [0.5, 0.6) is 0 Å². The van der Waals surface area contributed by atoms with Crippen molar-refractivity contribution in [3.05, 3.63) is 61.9 Å². The molecule has 186 valence electrons. The molecule has 3 heterocycles. The van der Waals surface area contributed by atoms with E-state index in [1.807, 2.05) is 11.8 Å². The molecule has 35 heavy (non-hydrogen) atoms. The zero-order valence-electron chi connectivity index (χ0n) is 18.6. The number of hydroxylamine groups is 1. The number of aromatic nitrogens is 1. The van der Waals surface area contributed by atoms with Gasteiger partial charge in [-0.05, 0) is 24.6 Å². The highest BCUT2D eigenvalue weighted by Gasteiger charge is 2.40. The Morgan fingerprint density at radius 1 is 1.40 bits per heavy atom. The number of amides is 1. The number of amidine groups is 1. The molecule has 13 heteroatoms. The second-order valence-corrected chi connectivity index (χ2v) is 9.58. The molecule has 10 nitrogen and oxygen atoms in total. The minimum Gasteiger partial charge on any atom is -0.478 e. The molecule has 3 N–H and O–H groups in total. The largest absolute Gasteiger partial charge is 0.478 e. The monoisotopic (exact) mass is 567 g/mol. The fourth-order valence-corrected chi connectivity index (χ4v) is 5.48. The molecule has 1 unspecified atom stereocenters. The highest BCUT2D eigenvalue weighted by atomic mass is 79.9. The third kappa shape index (κ3) is 5.14. The first kappa shape index (κ1) is 25.4. The summed E-state index contributed by atoms with van der Waals surface area (Å²) in [4.78, 5) is 37.6. The van der Waals surface area contributed by atoms with Crippen molar-refractivity contribution in [1.82, 2.24) is 20.3 Å². The average Bonchev–Trinajstić information content (AvgIpc) is 3.38. The van der Waals surface area contributed by atoms with Crippen molar-refractivity contribution in [2.24, 2.45) is 4.99 Å². The summed E-state index contributed by atoms with van der Waals surface area (Å²) in [6, 6.07) is 2.50. The minimum absolute atomic E-state index is 0.00844. The minimum atomic E-state index is -1.18. The van der Waals surface area contributed by atoms with E-state index in [1.165, 1.54) is 23.5 Å². The van der Waals surface area contributed by atoms with Crippen LogP contribution in [0.4, 0.5) is 4.39 Å². The van der Waals surface area contributed by atoms with Crippen molar-refractivity contribution in [3.63, 3.8) is 0 Å². The number of halogens is 2. The van der Waals surface area contributed by atoms with Crippen LogP contribution < -0.4 is 5.48 Å². The Hall–Kier alpha value is -2.71. The molecule has 1 fully saturated rings. The van der Waals surface area contributed by atoms with Gasteiger partial charge in [-0.15, -0.1) is 11.3 Å². The predicted octanol–water partition coefficient (Wildman–Crippen LogP) is 2.41. The molecule has 1 amide bonds. The Morgan fingerprint density at radius 2 is 2.20 bits per heavy atom. The number of hydrogen-bond acceptors (Lipinski definition) is 9. The van der Waals surface area contributed by atoms with Crippen LogP contribution in [0.1, 0.15) is 23.5 Å². The van der Waals surface area contributed by atoms with Crippen molar-refractivity contribution in [2.45, 2.75) is 19.0 Å². The maximum atomic E-state index is 13.9. The van der Waals surface area contributed by atoms with E-state index >= 15 is 0 Å². The highest BCUT2D eigenvalue weighted by molar-refractivity contribution is 9.10. The van der Waals surface area contributed by atoms with Crippen LogP contribution in [0.25, 0.3) is 0 Å². The van der Waals surface area contributed by atoms with E-state index in [2.05, 4.69) is 20.9 Å². The summed E-state index contributed by atoms with van der Waals surface area (Å²) in [5.74, 6) is -1.81. The molecule has 0 spiro atoms. The number of nitrogens with zero attached hydrogens (tertiary/aromatic N) is 4. The number of aliphatic imine (C=N–C) groups is 1. The molecule has 0 saturated carbocycles. The summed E-state index contributed by atoms with van der Waals surface area (Å²) < 4.78 is 19.7. The number of likely N-dealkylation sites (N-methyl/N-ethyl adjacent to an activating group) is 1. The van der Waals surface area contributed by atoms with Gasteiger partial charge in [-0.1, -0.05) is 22.0 Å². The van der Waals surface area contributed by atoms with Crippen LogP contribution in [0.15, 0.2) is 50.5 Å². The second kappa shape index (κ2) is 10.9. The summed E-state index contributed by atoms with van der Waals surface area (Å²) >= 11 is 4.76. The molecular weight excluding hydrogens is 545 g/mol. The average molecular weight is 568 g/mol. The maximum absolute atomic E-state index is 13.9. The zero-order valence-corrected chi connectivity index (χ0v) is 21.1. The fourth-order valence-electron chi connectivity index (χ4n) is 4.27. The fraction of sp³-hybridized carbons (Fsp3) is 0.364. The van der Waals surface area contributed by atoms with Crippen molar-refractivity contribution in [2.75, 3.05) is 32.8 Å². The summed E-state index contributed by atoms with van der Waals surface area (Å²) in [6.45, 7) is 3.01. The number of carbonyl (C=O) groups is 2. The number of benzene rings is 1. The zero-order chi connectivity index (χ0) is 25.1. The van der Waals surface area contributed by atoms with Crippen LogP contribution in [-0.2, 0) is 14.3 Å². The maximum Gasteiger partial charge on any atom is 0.335 e. The summed E-state index contributed by atoms with van der Waals surface area (Å²) in [5.41, 5.74) is 2.45. The van der Waals surface area contributed by atoms with Gasteiger partial charge >= 0.3 is 5.97 Å². The van der Waals surface area contributed by atoms with Gasteiger partial charge < -0.3 is 14.7 Å². The van der Waals surface area contributed by atoms with E-state index in [0.29, 0.717) is 40.6 Å². The van der Waals surface area contributed by atoms with E-state index in [0.717, 1.165) is 0 Å². The number of hydrogen-bond donors (Lipinski definition) is 3. The molecule has 0 bridgehead atoms. The first-order chi connectivity index (χ1) is 16.8. The first-order valence-corrected chi connectivity index (χ1v) is 12.4. The van der Waals surface area contributed by atoms with E-state index in [-0.39, 0.29) is 24.4 Å². The molecular formula is C22H23BrFN5O5S. The number of carboxylic acid groups (broad SMARTS) is 1. The number of morpholine rings is 1. The van der Waals surface area contributed by atoms with Crippen LogP contribution in [-0.4, -0.2) is 81.7 Å². The van der Waals surface area contributed by atoms with Crippen molar-refractivity contribution < 1.29 is 29.0 Å². The Balaban J connectivity index is 1.88. The Kier molecular flexibility index (Phi) is 7.91. The standard InChI is InChI=1S/C22H23BrFN5O5S/c1-2-29-18(13-4-3-12(24)9-14(13)23)17(22(31)32)15(26-19(29)21-25-5-8-35-21)10-28-6-7-34-11-16(28)20(30)27-33/h3-5,8-9,16,18,33H,2,6-7,10-11H2,1H3,(H,27,30)(H,31,32)/t16-,18?/m0/s1. The second-order valence-electron chi connectivity index (χ2n) is 7.83. The number of carboxylic acids is 1. The van der Waals surface area contributed by atoms with E-state index in [9.17, 15) is 19.1 Å². The van der Waals surface area contributed by atoms with Crippen molar-refractivity contribution in [3.8, 4) is 0 Å². The molecule has 4 rings (SSSR count). The van der Waals surface area contributed by atoms with Crippen LogP contribution in [0, 0.1) is 5.82 Å². The molecule has 0 radical (unpaired) electrons.